The van der Waals surface area contributed by atoms with Gasteiger partial charge >= 0.3 is 0 Å². The Bertz CT molecular complexity index is 1260. The summed E-state index contributed by atoms with van der Waals surface area (Å²) in [5.74, 6) is 0.595. The van der Waals surface area contributed by atoms with Crippen molar-refractivity contribution in [3.63, 3.8) is 0 Å². The Kier molecular flexibility index (Phi) is 7.07. The fourth-order valence-corrected chi connectivity index (χ4v) is 4.34. The number of hydrogen-bond acceptors (Lipinski definition) is 5. The van der Waals surface area contributed by atoms with Crippen LogP contribution in [-0.2, 0) is 11.3 Å². The molecule has 1 aliphatic heterocycles. The third kappa shape index (κ3) is 5.70. The van der Waals surface area contributed by atoms with Crippen LogP contribution in [0, 0.1) is 6.92 Å². The molecular weight excluding hydrogens is 440 g/mol. The van der Waals surface area contributed by atoms with Crippen molar-refractivity contribution in [2.24, 2.45) is 0 Å². The van der Waals surface area contributed by atoms with E-state index in [1.54, 1.807) is 12.1 Å². The Balaban J connectivity index is 1.22. The van der Waals surface area contributed by atoms with Crippen molar-refractivity contribution in [2.45, 2.75) is 19.6 Å². The van der Waals surface area contributed by atoms with E-state index < -0.39 is 0 Å². The van der Waals surface area contributed by atoms with E-state index in [1.807, 2.05) is 66.2 Å². The lowest BCUT2D eigenvalue weighted by Crippen LogP contribution is -2.43. The van der Waals surface area contributed by atoms with Crippen molar-refractivity contribution in [1.29, 1.82) is 0 Å². The second kappa shape index (κ2) is 10.7. The second-order valence-corrected chi connectivity index (χ2v) is 8.82. The van der Waals surface area contributed by atoms with E-state index in [2.05, 4.69) is 27.3 Å². The average molecular weight is 471 g/mol. The zero-order valence-corrected chi connectivity index (χ0v) is 19.9. The minimum Gasteiger partial charge on any atom is -0.487 e. The molecule has 5 rings (SSSR count). The Morgan fingerprint density at radius 3 is 2.57 bits per heavy atom. The molecule has 3 heterocycles. The summed E-state index contributed by atoms with van der Waals surface area (Å²) in [4.78, 5) is 20.1. The molecule has 0 spiro atoms. The van der Waals surface area contributed by atoms with Gasteiger partial charge in [0.2, 0.25) is 0 Å². The first-order valence-corrected chi connectivity index (χ1v) is 12.0. The van der Waals surface area contributed by atoms with Gasteiger partial charge < -0.3 is 19.2 Å². The van der Waals surface area contributed by atoms with E-state index >= 15 is 0 Å². The topological polar surface area (TPSA) is 68.1 Å². The number of nitrogens with zero attached hydrogens (tertiary/aromatic N) is 3. The van der Waals surface area contributed by atoms with Gasteiger partial charge in [0.05, 0.1) is 24.9 Å². The lowest BCUT2D eigenvalue weighted by Gasteiger charge is -2.31. The molecule has 1 saturated heterocycles. The summed E-state index contributed by atoms with van der Waals surface area (Å²) in [6, 6.07) is 21.3. The smallest absolute Gasteiger partial charge is 0.251 e. The quantitative estimate of drug-likeness (QED) is 0.421. The van der Waals surface area contributed by atoms with Crippen molar-refractivity contribution >= 4 is 11.6 Å². The maximum absolute atomic E-state index is 13.1. The number of carbonyl (C=O) groups excluding carboxylic acids is 1. The van der Waals surface area contributed by atoms with Crippen LogP contribution in [0.15, 0.2) is 79.1 Å². The zero-order valence-electron chi connectivity index (χ0n) is 19.9. The Hall–Kier alpha value is -3.68. The van der Waals surface area contributed by atoms with Crippen LogP contribution in [0.1, 0.15) is 33.2 Å². The van der Waals surface area contributed by atoms with Crippen molar-refractivity contribution in [3.05, 3.63) is 102 Å². The van der Waals surface area contributed by atoms with E-state index in [4.69, 9.17) is 9.47 Å². The van der Waals surface area contributed by atoms with E-state index in [0.29, 0.717) is 17.9 Å². The molecule has 2 aromatic heterocycles. The van der Waals surface area contributed by atoms with E-state index in [9.17, 15) is 4.79 Å². The molecule has 0 saturated carbocycles. The fourth-order valence-electron chi connectivity index (χ4n) is 4.34. The maximum atomic E-state index is 13.1. The molecule has 1 unspecified atom stereocenters. The monoisotopic (exact) mass is 470 g/mol. The minimum absolute atomic E-state index is 0.101. The third-order valence-electron chi connectivity index (χ3n) is 6.28. The molecule has 2 aromatic carbocycles. The maximum Gasteiger partial charge on any atom is 0.251 e. The van der Waals surface area contributed by atoms with Crippen molar-refractivity contribution in [1.82, 2.24) is 19.6 Å². The zero-order chi connectivity index (χ0) is 24.0. The number of ether oxygens (including phenoxy) is 2. The lowest BCUT2D eigenvalue weighted by atomic mass is 10.1. The predicted octanol–water partition coefficient (Wildman–Crippen LogP) is 4.03. The highest BCUT2D eigenvalue weighted by atomic mass is 16.5. The molecule has 1 aliphatic rings. The van der Waals surface area contributed by atoms with Crippen LogP contribution in [0.5, 0.6) is 5.75 Å². The average Bonchev–Trinajstić information content (AvgIpc) is 3.33. The molecular formula is C28H30N4O3. The third-order valence-corrected chi connectivity index (χ3v) is 6.28. The van der Waals surface area contributed by atoms with Gasteiger partial charge in [-0.15, -0.1) is 0 Å². The van der Waals surface area contributed by atoms with Gasteiger partial charge in [0.15, 0.2) is 0 Å². The number of amides is 1. The number of aryl methyl sites for hydroxylation is 1. The molecule has 1 atom stereocenters. The van der Waals surface area contributed by atoms with Crippen molar-refractivity contribution in [3.8, 4) is 5.75 Å². The predicted molar refractivity (Wildman–Crippen MR) is 135 cm³/mol. The van der Waals surface area contributed by atoms with Crippen LogP contribution in [0.2, 0.25) is 0 Å². The molecule has 1 fully saturated rings. The number of hydrogen-bond donors (Lipinski definition) is 1. The van der Waals surface area contributed by atoms with E-state index in [-0.39, 0.29) is 11.9 Å². The van der Waals surface area contributed by atoms with E-state index in [0.717, 1.165) is 55.3 Å². The van der Waals surface area contributed by atoms with Crippen LogP contribution in [-0.4, -0.2) is 53.0 Å². The van der Waals surface area contributed by atoms with Crippen LogP contribution in [0.3, 0.4) is 0 Å². The van der Waals surface area contributed by atoms with Crippen molar-refractivity contribution < 1.29 is 14.3 Å². The summed E-state index contributed by atoms with van der Waals surface area (Å²) in [7, 11) is 0. The summed E-state index contributed by atoms with van der Waals surface area (Å²) in [5.41, 5.74) is 4.60. The van der Waals surface area contributed by atoms with Gasteiger partial charge in [0.25, 0.3) is 5.91 Å². The van der Waals surface area contributed by atoms with Gasteiger partial charge in [-0.2, -0.15) is 0 Å². The van der Waals surface area contributed by atoms with E-state index in [1.165, 1.54) is 0 Å². The van der Waals surface area contributed by atoms with Gasteiger partial charge in [-0.05, 0) is 48.4 Å². The summed E-state index contributed by atoms with van der Waals surface area (Å²) < 4.78 is 13.4. The van der Waals surface area contributed by atoms with Gasteiger partial charge in [-0.3, -0.25) is 9.69 Å². The van der Waals surface area contributed by atoms with Gasteiger partial charge in [-0.1, -0.05) is 36.4 Å². The second-order valence-electron chi connectivity index (χ2n) is 8.82. The highest BCUT2D eigenvalue weighted by molar-refractivity contribution is 5.94. The van der Waals surface area contributed by atoms with Crippen LogP contribution < -0.4 is 10.1 Å². The first kappa shape index (κ1) is 23.1. The molecule has 180 valence electrons. The number of morpholine rings is 1. The summed E-state index contributed by atoms with van der Waals surface area (Å²) in [6.45, 7) is 6.35. The van der Waals surface area contributed by atoms with Gasteiger partial charge in [0.1, 0.15) is 18.0 Å². The Morgan fingerprint density at radius 2 is 1.83 bits per heavy atom. The summed E-state index contributed by atoms with van der Waals surface area (Å²) >= 11 is 0. The highest BCUT2D eigenvalue weighted by Gasteiger charge is 2.20. The first-order chi connectivity index (χ1) is 17.2. The highest BCUT2D eigenvalue weighted by Crippen LogP contribution is 2.19. The molecule has 4 aromatic rings. The van der Waals surface area contributed by atoms with Crippen LogP contribution in [0.4, 0.5) is 0 Å². The lowest BCUT2D eigenvalue weighted by molar-refractivity contribution is 0.0332. The van der Waals surface area contributed by atoms with Crippen molar-refractivity contribution in [2.75, 3.05) is 32.8 Å². The van der Waals surface area contributed by atoms with Crippen LogP contribution >= 0.6 is 0 Å². The standard InChI is InChI=1S/C28H30N4O3/c1-21-6-5-13-32-18-24(29-27(21)32)20-35-25-11-9-23(10-12-25)28(33)30-26(22-7-3-2-4-8-22)19-31-14-16-34-17-15-31/h2-13,18,26H,14-17,19-20H2,1H3,(H,30,33). The van der Waals surface area contributed by atoms with Gasteiger partial charge in [0, 0.05) is 37.6 Å². The number of aromatic nitrogens is 2. The fraction of sp³-hybridized carbons (Fsp3) is 0.286. The molecule has 7 nitrogen and oxygen atoms in total. The number of fused-ring (bicyclic) bond motifs is 1. The number of benzene rings is 2. The molecule has 0 bridgehead atoms. The summed E-state index contributed by atoms with van der Waals surface area (Å²) in [5, 5.41) is 3.22. The number of rotatable bonds is 8. The largest absolute Gasteiger partial charge is 0.487 e. The molecule has 1 amide bonds. The number of imidazole rings is 1. The Labute approximate surface area is 205 Å². The minimum atomic E-state index is -0.102. The molecule has 1 N–H and O–H groups in total. The molecule has 0 aliphatic carbocycles. The molecule has 7 heteroatoms. The number of carbonyl (C=O) groups is 1. The summed E-state index contributed by atoms with van der Waals surface area (Å²) in [6.07, 6.45) is 3.95. The Morgan fingerprint density at radius 1 is 1.06 bits per heavy atom. The molecule has 0 radical (unpaired) electrons. The first-order valence-electron chi connectivity index (χ1n) is 12.0. The SMILES string of the molecule is Cc1cccn2cc(COc3ccc(C(=O)NC(CN4CCOCC4)c4ccccc4)cc3)nc12. The van der Waals surface area contributed by atoms with Gasteiger partial charge in [-0.25, -0.2) is 4.98 Å². The number of pyridine rings is 1. The molecule has 35 heavy (non-hydrogen) atoms. The normalized spacial score (nSPS) is 15.1. The number of nitrogens with one attached hydrogen (secondary N) is 1. The van der Waals surface area contributed by atoms with Crippen LogP contribution in [0.25, 0.3) is 5.65 Å².